The van der Waals surface area contributed by atoms with Crippen molar-refractivity contribution >= 4 is 0 Å². The molecule has 0 aliphatic carbocycles. The molecule has 2 aromatic heterocycles. The third-order valence-corrected chi connectivity index (χ3v) is 3.70. The summed E-state index contributed by atoms with van der Waals surface area (Å²) in [5, 5.41) is 13.2. The Bertz CT molecular complexity index is 841. The second-order valence-corrected chi connectivity index (χ2v) is 5.39. The average Bonchev–Trinajstić information content (AvgIpc) is 3.16. The number of hydrogen-bond acceptors (Lipinski definition) is 5. The fourth-order valence-electron chi connectivity index (χ4n) is 2.39. The van der Waals surface area contributed by atoms with Crippen molar-refractivity contribution in [2.75, 3.05) is 13.7 Å². The molecule has 3 rings (SSSR count). The lowest BCUT2D eigenvalue weighted by atomic mass is 10.2. The molecule has 0 saturated carbocycles. The van der Waals surface area contributed by atoms with Gasteiger partial charge in [-0.3, -0.25) is 4.68 Å². The van der Waals surface area contributed by atoms with Gasteiger partial charge in [0.2, 0.25) is 5.89 Å². The van der Waals surface area contributed by atoms with Crippen molar-refractivity contribution in [3.05, 3.63) is 53.4 Å². The molecule has 0 atom stereocenters. The largest absolute Gasteiger partial charge is 0.497 e. The Morgan fingerprint density at radius 3 is 2.96 bits per heavy atom. The minimum atomic E-state index is -0.423. The van der Waals surface area contributed by atoms with E-state index in [1.807, 2.05) is 6.20 Å². The van der Waals surface area contributed by atoms with Crippen molar-refractivity contribution in [3.8, 4) is 17.2 Å². The Morgan fingerprint density at radius 1 is 1.38 bits per heavy atom. The van der Waals surface area contributed by atoms with Crippen LogP contribution in [0.2, 0.25) is 0 Å². The molecular formula is C17H18FN3O3. The van der Waals surface area contributed by atoms with Gasteiger partial charge in [0.1, 0.15) is 23.0 Å². The van der Waals surface area contributed by atoms with Crippen molar-refractivity contribution in [1.29, 1.82) is 0 Å². The van der Waals surface area contributed by atoms with Crippen molar-refractivity contribution in [2.45, 2.75) is 19.9 Å². The first-order valence-corrected chi connectivity index (χ1v) is 7.53. The highest BCUT2D eigenvalue weighted by atomic mass is 19.1. The number of rotatable bonds is 6. The molecule has 0 aliphatic rings. The second kappa shape index (κ2) is 6.84. The zero-order valence-corrected chi connectivity index (χ0v) is 13.5. The van der Waals surface area contributed by atoms with Gasteiger partial charge in [0, 0.05) is 12.8 Å². The summed E-state index contributed by atoms with van der Waals surface area (Å²) in [6.45, 7) is 2.27. The molecule has 0 amide bonds. The van der Waals surface area contributed by atoms with Crippen molar-refractivity contribution in [3.63, 3.8) is 0 Å². The van der Waals surface area contributed by atoms with Gasteiger partial charge in [-0.2, -0.15) is 5.10 Å². The van der Waals surface area contributed by atoms with Crippen LogP contribution in [-0.4, -0.2) is 33.6 Å². The summed E-state index contributed by atoms with van der Waals surface area (Å²) in [4.78, 5) is 4.39. The van der Waals surface area contributed by atoms with E-state index >= 15 is 0 Å². The molecule has 0 bridgehead atoms. The number of aromatic nitrogens is 3. The number of nitrogens with zero attached hydrogens (tertiary/aromatic N) is 3. The molecule has 0 spiro atoms. The van der Waals surface area contributed by atoms with Crippen molar-refractivity contribution in [1.82, 2.24) is 14.8 Å². The summed E-state index contributed by atoms with van der Waals surface area (Å²) in [7, 11) is 1.52. The predicted molar refractivity (Wildman–Crippen MR) is 85.3 cm³/mol. The van der Waals surface area contributed by atoms with E-state index in [4.69, 9.17) is 14.3 Å². The highest BCUT2D eigenvalue weighted by Gasteiger charge is 2.16. The van der Waals surface area contributed by atoms with Gasteiger partial charge in [-0.25, -0.2) is 9.37 Å². The smallest absolute Gasteiger partial charge is 0.229 e. The number of oxazole rings is 1. The predicted octanol–water partition coefficient (Wildman–Crippen LogP) is 2.58. The minimum absolute atomic E-state index is 0.0773. The molecule has 0 saturated heterocycles. The zero-order valence-electron chi connectivity index (χ0n) is 13.5. The summed E-state index contributed by atoms with van der Waals surface area (Å²) < 4.78 is 26.5. The van der Waals surface area contributed by atoms with Crippen LogP contribution in [0.1, 0.15) is 17.0 Å². The maximum Gasteiger partial charge on any atom is 0.229 e. The standard InChI is InChI=1S/C17H18FN3O3/c1-11-16(10-21-9-12(5-6-22)8-19-21)20-17(24-11)14-7-13(23-2)3-4-15(14)18/h3-4,7-9,22H,5-6,10H2,1-2H3. The number of aliphatic hydroxyl groups excluding tert-OH is 1. The van der Waals surface area contributed by atoms with Gasteiger partial charge in [-0.1, -0.05) is 0 Å². The van der Waals surface area contributed by atoms with Gasteiger partial charge in [0.05, 0.1) is 25.4 Å². The quantitative estimate of drug-likeness (QED) is 0.751. The van der Waals surface area contributed by atoms with E-state index in [0.717, 1.165) is 5.56 Å². The van der Waals surface area contributed by atoms with Crippen LogP contribution in [0.5, 0.6) is 5.75 Å². The first-order valence-electron chi connectivity index (χ1n) is 7.53. The normalized spacial score (nSPS) is 11.0. The minimum Gasteiger partial charge on any atom is -0.497 e. The van der Waals surface area contributed by atoms with E-state index in [9.17, 15) is 4.39 Å². The topological polar surface area (TPSA) is 73.3 Å². The zero-order chi connectivity index (χ0) is 17.1. The van der Waals surface area contributed by atoms with Crippen LogP contribution >= 0.6 is 0 Å². The van der Waals surface area contributed by atoms with E-state index in [1.54, 1.807) is 29.9 Å². The summed E-state index contributed by atoms with van der Waals surface area (Å²) in [6, 6.07) is 4.42. The molecule has 2 heterocycles. The van der Waals surface area contributed by atoms with Gasteiger partial charge < -0.3 is 14.3 Å². The summed E-state index contributed by atoms with van der Waals surface area (Å²) in [5.41, 5.74) is 1.87. The first kappa shape index (κ1) is 16.2. The van der Waals surface area contributed by atoms with Crippen LogP contribution < -0.4 is 4.74 Å². The molecule has 3 aromatic rings. The van der Waals surface area contributed by atoms with Crippen LogP contribution in [0.4, 0.5) is 4.39 Å². The van der Waals surface area contributed by atoms with E-state index in [2.05, 4.69) is 10.1 Å². The molecule has 0 radical (unpaired) electrons. The molecule has 0 fully saturated rings. The van der Waals surface area contributed by atoms with E-state index in [1.165, 1.54) is 13.2 Å². The maximum absolute atomic E-state index is 14.1. The fourth-order valence-corrected chi connectivity index (χ4v) is 2.39. The molecule has 0 unspecified atom stereocenters. The molecular weight excluding hydrogens is 313 g/mol. The number of halogens is 1. The summed E-state index contributed by atoms with van der Waals surface area (Å²) >= 11 is 0. The molecule has 1 aromatic carbocycles. The molecule has 0 aliphatic heterocycles. The summed E-state index contributed by atoms with van der Waals surface area (Å²) in [6.07, 6.45) is 4.10. The van der Waals surface area contributed by atoms with Gasteiger partial charge in [-0.15, -0.1) is 0 Å². The molecule has 6 nitrogen and oxygen atoms in total. The number of aryl methyl sites for hydroxylation is 1. The molecule has 7 heteroatoms. The lowest BCUT2D eigenvalue weighted by molar-refractivity contribution is 0.299. The highest BCUT2D eigenvalue weighted by molar-refractivity contribution is 5.57. The Morgan fingerprint density at radius 2 is 2.21 bits per heavy atom. The molecule has 24 heavy (non-hydrogen) atoms. The summed E-state index contributed by atoms with van der Waals surface area (Å²) in [5.74, 6) is 0.922. The fraction of sp³-hybridized carbons (Fsp3) is 0.294. The average molecular weight is 331 g/mol. The highest BCUT2D eigenvalue weighted by Crippen LogP contribution is 2.28. The molecule has 126 valence electrons. The van der Waals surface area contributed by atoms with Crippen LogP contribution in [0, 0.1) is 12.7 Å². The van der Waals surface area contributed by atoms with Crippen LogP contribution in [0.15, 0.2) is 35.0 Å². The number of hydrogen-bond donors (Lipinski definition) is 1. The Kier molecular flexibility index (Phi) is 4.61. The lowest BCUT2D eigenvalue weighted by Crippen LogP contribution is -2.01. The van der Waals surface area contributed by atoms with E-state index in [-0.39, 0.29) is 18.1 Å². The Balaban J connectivity index is 1.87. The van der Waals surface area contributed by atoms with Gasteiger partial charge in [0.15, 0.2) is 0 Å². The van der Waals surface area contributed by atoms with Crippen LogP contribution in [0.25, 0.3) is 11.5 Å². The van der Waals surface area contributed by atoms with Crippen molar-refractivity contribution < 1.29 is 18.7 Å². The van der Waals surface area contributed by atoms with Gasteiger partial charge in [0.25, 0.3) is 0 Å². The van der Waals surface area contributed by atoms with Crippen LogP contribution in [0.3, 0.4) is 0 Å². The first-order chi connectivity index (χ1) is 11.6. The number of benzene rings is 1. The second-order valence-electron chi connectivity index (χ2n) is 5.39. The Labute approximate surface area is 138 Å². The van der Waals surface area contributed by atoms with Gasteiger partial charge >= 0.3 is 0 Å². The van der Waals surface area contributed by atoms with E-state index < -0.39 is 5.82 Å². The third-order valence-electron chi connectivity index (χ3n) is 3.70. The monoisotopic (exact) mass is 331 g/mol. The SMILES string of the molecule is COc1ccc(F)c(-c2nc(Cn3cc(CCO)cn3)c(C)o2)c1. The van der Waals surface area contributed by atoms with E-state index in [0.29, 0.717) is 30.2 Å². The lowest BCUT2D eigenvalue weighted by Gasteiger charge is -2.02. The maximum atomic E-state index is 14.1. The van der Waals surface area contributed by atoms with Gasteiger partial charge in [-0.05, 0) is 37.1 Å². The van der Waals surface area contributed by atoms with Crippen LogP contribution in [-0.2, 0) is 13.0 Å². The Hall–Kier alpha value is -2.67. The third kappa shape index (κ3) is 3.30. The number of ether oxygens (including phenoxy) is 1. The molecule has 1 N–H and O–H groups in total. The number of methoxy groups -OCH3 is 1. The number of aliphatic hydroxyl groups is 1. The van der Waals surface area contributed by atoms with Crippen molar-refractivity contribution in [2.24, 2.45) is 0 Å².